The van der Waals surface area contributed by atoms with Crippen molar-refractivity contribution in [3.63, 3.8) is 0 Å². The number of fused-ring (bicyclic) bond motifs is 2. The molecule has 0 saturated heterocycles. The Bertz CT molecular complexity index is 1600. The van der Waals surface area contributed by atoms with E-state index in [2.05, 4.69) is 15.5 Å². The van der Waals surface area contributed by atoms with Crippen LogP contribution in [0.15, 0.2) is 63.2 Å². The second-order valence-electron chi connectivity index (χ2n) is 8.74. The van der Waals surface area contributed by atoms with E-state index in [1.165, 1.54) is 11.5 Å². The minimum absolute atomic E-state index is 0.0308. The van der Waals surface area contributed by atoms with Gasteiger partial charge < -0.3 is 19.8 Å². The first-order valence-electron chi connectivity index (χ1n) is 11.2. The van der Waals surface area contributed by atoms with E-state index in [4.69, 9.17) is 0 Å². The lowest BCUT2D eigenvalue weighted by Gasteiger charge is -2.15. The smallest absolute Gasteiger partial charge is 0.280 e. The number of carbonyl (C=O) groups is 1. The van der Waals surface area contributed by atoms with Gasteiger partial charge in [-0.2, -0.15) is 5.10 Å². The van der Waals surface area contributed by atoms with Crippen LogP contribution in [0.25, 0.3) is 21.8 Å². The number of pyridine rings is 2. The molecule has 0 bridgehead atoms. The molecule has 0 radical (unpaired) electrons. The number of amides is 1. The number of aromatic amines is 1. The number of hydrazone groups is 1. The number of aryl methyl sites for hydroxylation is 1. The van der Waals surface area contributed by atoms with E-state index in [0.717, 1.165) is 0 Å². The molecular weight excluding hydrogens is 448 g/mol. The lowest BCUT2D eigenvalue weighted by Crippen LogP contribution is -2.32. The molecule has 4 N–H and O–H groups in total. The van der Waals surface area contributed by atoms with Gasteiger partial charge in [0.15, 0.2) is 0 Å². The van der Waals surface area contributed by atoms with Crippen molar-refractivity contribution in [3.05, 3.63) is 80.4 Å². The van der Waals surface area contributed by atoms with Crippen LogP contribution in [0.3, 0.4) is 0 Å². The van der Waals surface area contributed by atoms with Crippen molar-refractivity contribution in [2.24, 2.45) is 11.0 Å². The van der Waals surface area contributed by atoms with Crippen molar-refractivity contribution >= 4 is 33.4 Å². The number of H-pyrrole nitrogens is 1. The highest BCUT2D eigenvalue weighted by atomic mass is 16.3. The Morgan fingerprint density at radius 2 is 1.63 bits per heavy atom. The molecule has 0 unspecified atom stereocenters. The monoisotopic (exact) mass is 474 g/mol. The summed E-state index contributed by atoms with van der Waals surface area (Å²) in [6.45, 7) is 5.88. The molecule has 0 saturated carbocycles. The van der Waals surface area contributed by atoms with Crippen LogP contribution >= 0.6 is 0 Å². The van der Waals surface area contributed by atoms with Gasteiger partial charge in [-0.15, -0.1) is 0 Å². The number of para-hydroxylation sites is 2. The van der Waals surface area contributed by atoms with Gasteiger partial charge in [0.25, 0.3) is 17.0 Å². The third-order valence-corrected chi connectivity index (χ3v) is 5.88. The molecule has 2 aromatic heterocycles. The zero-order chi connectivity index (χ0) is 25.3. The summed E-state index contributed by atoms with van der Waals surface area (Å²) in [5.74, 6) is -1.31. The van der Waals surface area contributed by atoms with Crippen molar-refractivity contribution < 1.29 is 15.0 Å². The van der Waals surface area contributed by atoms with E-state index in [1.807, 2.05) is 13.8 Å². The van der Waals surface area contributed by atoms with Crippen LogP contribution in [-0.4, -0.2) is 31.4 Å². The molecule has 0 aliphatic heterocycles. The van der Waals surface area contributed by atoms with Crippen molar-refractivity contribution in [1.82, 2.24) is 15.0 Å². The Kier molecular flexibility index (Phi) is 6.42. The van der Waals surface area contributed by atoms with E-state index in [1.54, 1.807) is 48.5 Å². The maximum atomic E-state index is 13.2. The average molecular weight is 475 g/mol. The number of hydrogen-bond donors (Lipinski definition) is 4. The highest BCUT2D eigenvalue weighted by Crippen LogP contribution is 2.27. The van der Waals surface area contributed by atoms with Gasteiger partial charge in [0.05, 0.1) is 16.7 Å². The molecule has 4 rings (SSSR count). The molecular formula is C26H26N4O5. The largest absolute Gasteiger partial charge is 0.506 e. The van der Waals surface area contributed by atoms with Crippen molar-refractivity contribution in [2.45, 2.75) is 33.7 Å². The summed E-state index contributed by atoms with van der Waals surface area (Å²) in [5.41, 5.74) is 1.49. The predicted molar refractivity (Wildman–Crippen MR) is 135 cm³/mol. The van der Waals surface area contributed by atoms with E-state index in [-0.39, 0.29) is 17.0 Å². The minimum Gasteiger partial charge on any atom is -0.506 e. The fourth-order valence-electron chi connectivity index (χ4n) is 4.01. The van der Waals surface area contributed by atoms with Crippen molar-refractivity contribution in [3.8, 4) is 11.5 Å². The van der Waals surface area contributed by atoms with Crippen molar-refractivity contribution in [1.29, 1.82) is 0 Å². The lowest BCUT2D eigenvalue weighted by molar-refractivity contribution is 0.0950. The number of nitrogens with zero attached hydrogens (tertiary/aromatic N) is 2. The molecule has 2 heterocycles. The maximum Gasteiger partial charge on any atom is 0.280 e. The molecule has 0 atom stereocenters. The molecule has 9 heteroatoms. The summed E-state index contributed by atoms with van der Waals surface area (Å²) in [6, 6.07) is 13.5. The lowest BCUT2D eigenvalue weighted by atomic mass is 10.1. The second kappa shape index (κ2) is 9.46. The summed E-state index contributed by atoms with van der Waals surface area (Å²) in [7, 11) is 0. The van der Waals surface area contributed by atoms with Crippen molar-refractivity contribution in [2.75, 3.05) is 0 Å². The molecule has 1 amide bonds. The molecule has 0 aliphatic carbocycles. The Balaban J connectivity index is 1.75. The van der Waals surface area contributed by atoms with E-state index in [9.17, 15) is 24.6 Å². The van der Waals surface area contributed by atoms with E-state index < -0.39 is 28.3 Å². The number of benzene rings is 2. The van der Waals surface area contributed by atoms with E-state index >= 15 is 0 Å². The predicted octanol–water partition coefficient (Wildman–Crippen LogP) is 3.45. The Morgan fingerprint density at radius 3 is 2.34 bits per heavy atom. The number of carbonyl (C=O) groups excluding carboxylic acids is 1. The number of hydrogen-bond acceptors (Lipinski definition) is 6. The van der Waals surface area contributed by atoms with Gasteiger partial charge in [0.1, 0.15) is 22.6 Å². The topological polar surface area (TPSA) is 137 Å². The zero-order valence-electron chi connectivity index (χ0n) is 19.6. The third-order valence-electron chi connectivity index (χ3n) is 5.88. The Morgan fingerprint density at radius 1 is 1.00 bits per heavy atom. The second-order valence-corrected chi connectivity index (χ2v) is 8.74. The maximum absolute atomic E-state index is 13.2. The van der Waals surface area contributed by atoms with Crippen LogP contribution in [0.5, 0.6) is 11.5 Å². The third kappa shape index (κ3) is 4.40. The molecule has 180 valence electrons. The highest BCUT2D eigenvalue weighted by molar-refractivity contribution is 6.07. The fraction of sp³-hybridized carbons (Fsp3) is 0.231. The minimum atomic E-state index is -0.924. The van der Waals surface area contributed by atoms with Crippen LogP contribution in [0.4, 0.5) is 0 Å². The molecule has 0 fully saturated rings. The molecule has 35 heavy (non-hydrogen) atoms. The van der Waals surface area contributed by atoms with Crippen LogP contribution in [0, 0.1) is 5.92 Å². The van der Waals surface area contributed by atoms with Crippen LogP contribution < -0.4 is 16.5 Å². The van der Waals surface area contributed by atoms with E-state index in [0.29, 0.717) is 40.7 Å². The van der Waals surface area contributed by atoms with Crippen LogP contribution in [0.2, 0.25) is 0 Å². The average Bonchev–Trinajstić information content (AvgIpc) is 2.82. The van der Waals surface area contributed by atoms with Gasteiger partial charge in [0, 0.05) is 17.3 Å². The number of aromatic nitrogens is 2. The van der Waals surface area contributed by atoms with Gasteiger partial charge in [-0.25, -0.2) is 5.43 Å². The van der Waals surface area contributed by atoms with Gasteiger partial charge >= 0.3 is 0 Å². The van der Waals surface area contributed by atoms with Gasteiger partial charge in [-0.05, 0) is 43.5 Å². The molecule has 0 aliphatic rings. The first kappa shape index (κ1) is 23.7. The summed E-state index contributed by atoms with van der Waals surface area (Å²) in [4.78, 5) is 41.4. The number of nitrogens with one attached hydrogen (secondary N) is 2. The Hall–Kier alpha value is -4.40. The fourth-order valence-corrected chi connectivity index (χ4v) is 4.01. The van der Waals surface area contributed by atoms with Gasteiger partial charge in [0.2, 0.25) is 0 Å². The molecule has 2 aromatic carbocycles. The molecule has 9 nitrogen and oxygen atoms in total. The first-order valence-corrected chi connectivity index (χ1v) is 11.2. The first-order chi connectivity index (χ1) is 16.7. The molecule has 4 aromatic rings. The SMILES string of the molecule is CC(=NNC(=O)c1c(O)c2ccccc2n(CCC(C)C)c1=O)c1c(O)c2ccccc2[nH]c1=O. The summed E-state index contributed by atoms with van der Waals surface area (Å²) in [5, 5.41) is 26.1. The Labute approximate surface area is 200 Å². The standard InChI is InChI=1S/C26H26N4O5/c1-14(2)12-13-30-19-11-7-5-9-17(19)23(32)21(26(30)35)25(34)29-28-15(3)20-22(31)16-8-4-6-10-18(16)27-24(20)33/h4-11,14,32H,12-13H2,1-3H3,(H,29,34)(H2,27,31,33). The number of rotatable bonds is 6. The van der Waals surface area contributed by atoms with Gasteiger partial charge in [-0.1, -0.05) is 38.1 Å². The van der Waals surface area contributed by atoms with Crippen LogP contribution in [-0.2, 0) is 6.54 Å². The normalized spacial score (nSPS) is 11.9. The number of aromatic hydroxyl groups is 2. The van der Waals surface area contributed by atoms with Crippen LogP contribution in [0.1, 0.15) is 43.1 Å². The summed E-state index contributed by atoms with van der Waals surface area (Å²) < 4.78 is 1.47. The summed E-state index contributed by atoms with van der Waals surface area (Å²) >= 11 is 0. The molecule has 0 spiro atoms. The quantitative estimate of drug-likeness (QED) is 0.251. The summed E-state index contributed by atoms with van der Waals surface area (Å²) in [6.07, 6.45) is 0.705. The zero-order valence-corrected chi connectivity index (χ0v) is 19.6. The highest BCUT2D eigenvalue weighted by Gasteiger charge is 2.23. The van der Waals surface area contributed by atoms with Gasteiger partial charge in [-0.3, -0.25) is 14.4 Å².